The number of anilines is 2. The third kappa shape index (κ3) is 4.03. The number of imidazole rings is 1. The maximum Gasteiger partial charge on any atom is 0.256 e. The third-order valence-electron chi connectivity index (χ3n) is 5.94. The number of pyridine rings is 1. The number of nitrogens with one attached hydrogen (secondary N) is 1. The standard InChI is InChI=1S/C22H26N8O3S/c1-4-13(2)30-18-9-20(24-11-17(18)26-22(30)14(3)31)27-19-7-8-23-21(28-19)15-10-25-29(12-15)34(32,33)16-5-6-16/h7-14,16,31H,4-6H2,1-3H3,(H,23,24,27,28)/t13-,14-/m1/s1. The first-order chi connectivity index (χ1) is 16.3. The largest absolute Gasteiger partial charge is 0.385 e. The molecule has 11 nitrogen and oxygen atoms in total. The van der Waals surface area contributed by atoms with Crippen LogP contribution in [0.1, 0.15) is 58.0 Å². The van der Waals surface area contributed by atoms with Crippen molar-refractivity contribution < 1.29 is 13.5 Å². The van der Waals surface area contributed by atoms with Gasteiger partial charge in [0.1, 0.15) is 29.1 Å². The molecule has 0 aliphatic heterocycles. The molecule has 12 heteroatoms. The van der Waals surface area contributed by atoms with Gasteiger partial charge in [0.15, 0.2) is 5.82 Å². The van der Waals surface area contributed by atoms with E-state index < -0.39 is 16.1 Å². The lowest BCUT2D eigenvalue weighted by atomic mass is 10.2. The normalized spacial score (nSPS) is 16.0. The van der Waals surface area contributed by atoms with E-state index in [1.54, 1.807) is 25.4 Å². The molecule has 4 aromatic rings. The topological polar surface area (TPSA) is 141 Å². The van der Waals surface area contributed by atoms with E-state index in [-0.39, 0.29) is 11.3 Å². The van der Waals surface area contributed by atoms with Gasteiger partial charge in [-0.1, -0.05) is 6.92 Å². The molecule has 178 valence electrons. The summed E-state index contributed by atoms with van der Waals surface area (Å²) >= 11 is 0. The highest BCUT2D eigenvalue weighted by molar-refractivity contribution is 7.90. The Morgan fingerprint density at radius 3 is 2.68 bits per heavy atom. The highest BCUT2D eigenvalue weighted by Gasteiger charge is 2.37. The van der Waals surface area contributed by atoms with Crippen molar-refractivity contribution in [3.63, 3.8) is 0 Å². The average molecular weight is 483 g/mol. The van der Waals surface area contributed by atoms with Gasteiger partial charge >= 0.3 is 0 Å². The smallest absolute Gasteiger partial charge is 0.256 e. The molecule has 1 saturated carbocycles. The lowest BCUT2D eigenvalue weighted by molar-refractivity contribution is 0.182. The lowest BCUT2D eigenvalue weighted by Crippen LogP contribution is -2.17. The average Bonchev–Trinajstić information content (AvgIpc) is 3.44. The van der Waals surface area contributed by atoms with Crippen molar-refractivity contribution >= 4 is 32.7 Å². The summed E-state index contributed by atoms with van der Waals surface area (Å²) in [6.07, 6.45) is 7.66. The SMILES string of the molecule is CC[C@@H](C)n1c([C@@H](C)O)nc2cnc(Nc3ccnc(-c4cnn(S(=O)(=O)C5CC5)c4)n3)cc21. The molecular formula is C22H26N8O3S. The molecule has 0 saturated heterocycles. The van der Waals surface area contributed by atoms with Crippen molar-refractivity contribution in [3.05, 3.63) is 42.7 Å². The molecule has 0 spiro atoms. The molecule has 1 aliphatic carbocycles. The fourth-order valence-corrected chi connectivity index (χ4v) is 5.28. The number of aromatic nitrogens is 7. The van der Waals surface area contributed by atoms with Crippen LogP contribution in [0.25, 0.3) is 22.4 Å². The number of hydrogen-bond donors (Lipinski definition) is 2. The number of rotatable bonds is 8. The molecule has 0 aromatic carbocycles. The molecule has 0 radical (unpaired) electrons. The molecule has 1 aliphatic rings. The monoisotopic (exact) mass is 482 g/mol. The maximum atomic E-state index is 12.4. The van der Waals surface area contributed by atoms with Crippen LogP contribution in [-0.4, -0.2) is 52.5 Å². The Balaban J connectivity index is 1.45. The van der Waals surface area contributed by atoms with Crippen molar-refractivity contribution in [1.29, 1.82) is 0 Å². The van der Waals surface area contributed by atoms with E-state index in [2.05, 4.69) is 44.2 Å². The van der Waals surface area contributed by atoms with Crippen LogP contribution < -0.4 is 5.32 Å². The Kier molecular flexibility index (Phi) is 5.56. The predicted molar refractivity (Wildman–Crippen MR) is 127 cm³/mol. The van der Waals surface area contributed by atoms with E-state index >= 15 is 0 Å². The molecule has 34 heavy (non-hydrogen) atoms. The van der Waals surface area contributed by atoms with Gasteiger partial charge in [0.2, 0.25) is 0 Å². The fraction of sp³-hybridized carbons (Fsp3) is 0.409. The number of aliphatic hydroxyl groups is 1. The van der Waals surface area contributed by atoms with Gasteiger partial charge in [0.05, 0.1) is 34.9 Å². The molecule has 1 fully saturated rings. The van der Waals surface area contributed by atoms with Gasteiger partial charge in [0.25, 0.3) is 10.0 Å². The summed E-state index contributed by atoms with van der Waals surface area (Å²) in [5.74, 6) is 2.01. The van der Waals surface area contributed by atoms with Crippen LogP contribution in [-0.2, 0) is 10.0 Å². The van der Waals surface area contributed by atoms with Crippen molar-refractivity contribution in [1.82, 2.24) is 33.7 Å². The van der Waals surface area contributed by atoms with Crippen molar-refractivity contribution in [2.75, 3.05) is 5.32 Å². The zero-order valence-corrected chi connectivity index (χ0v) is 19.9. The number of fused-ring (bicyclic) bond motifs is 1. The second-order valence-corrected chi connectivity index (χ2v) is 10.6. The van der Waals surface area contributed by atoms with Gasteiger partial charge in [0, 0.05) is 18.3 Å². The van der Waals surface area contributed by atoms with E-state index in [1.807, 2.05) is 10.6 Å². The Hall–Kier alpha value is -3.38. The van der Waals surface area contributed by atoms with Crippen LogP contribution in [0.3, 0.4) is 0 Å². The van der Waals surface area contributed by atoms with Crippen LogP contribution in [0.2, 0.25) is 0 Å². The van der Waals surface area contributed by atoms with Gasteiger partial charge in [-0.15, -0.1) is 0 Å². The highest BCUT2D eigenvalue weighted by atomic mass is 32.2. The van der Waals surface area contributed by atoms with Crippen molar-refractivity contribution in [2.45, 2.75) is 57.4 Å². The molecule has 0 bridgehead atoms. The first-order valence-corrected chi connectivity index (χ1v) is 12.7. The number of nitrogens with zero attached hydrogens (tertiary/aromatic N) is 7. The fourth-order valence-electron chi connectivity index (χ4n) is 3.80. The minimum absolute atomic E-state index is 0.152. The summed E-state index contributed by atoms with van der Waals surface area (Å²) in [4.78, 5) is 17.8. The van der Waals surface area contributed by atoms with E-state index in [0.717, 1.165) is 16.0 Å². The minimum Gasteiger partial charge on any atom is -0.385 e. The molecule has 2 atom stereocenters. The first kappa shape index (κ1) is 22.4. The highest BCUT2D eigenvalue weighted by Crippen LogP contribution is 2.31. The summed E-state index contributed by atoms with van der Waals surface area (Å²) in [6, 6.07) is 3.73. The maximum absolute atomic E-state index is 12.4. The zero-order chi connectivity index (χ0) is 24.0. The summed E-state index contributed by atoms with van der Waals surface area (Å²) in [5, 5.41) is 17.0. The Bertz CT molecular complexity index is 1460. The molecule has 0 amide bonds. The molecule has 4 heterocycles. The molecule has 0 unspecified atom stereocenters. The van der Waals surface area contributed by atoms with Gasteiger partial charge in [-0.25, -0.2) is 28.4 Å². The summed E-state index contributed by atoms with van der Waals surface area (Å²) in [6.45, 7) is 5.87. The van der Waals surface area contributed by atoms with Crippen LogP contribution >= 0.6 is 0 Å². The van der Waals surface area contributed by atoms with E-state index in [0.29, 0.717) is 47.2 Å². The predicted octanol–water partition coefficient (Wildman–Crippen LogP) is 3.19. The Morgan fingerprint density at radius 2 is 1.97 bits per heavy atom. The van der Waals surface area contributed by atoms with Gasteiger partial charge in [-0.3, -0.25) is 0 Å². The van der Waals surface area contributed by atoms with Crippen LogP contribution in [0.4, 0.5) is 11.6 Å². The molecule has 4 aromatic heterocycles. The van der Waals surface area contributed by atoms with Crippen LogP contribution in [0, 0.1) is 0 Å². The molecule has 5 rings (SSSR count). The number of hydrogen-bond acceptors (Lipinski definition) is 9. The van der Waals surface area contributed by atoms with Crippen molar-refractivity contribution in [2.24, 2.45) is 0 Å². The minimum atomic E-state index is -3.45. The summed E-state index contributed by atoms with van der Waals surface area (Å²) in [5.41, 5.74) is 2.07. The number of aliphatic hydroxyl groups excluding tert-OH is 1. The van der Waals surface area contributed by atoms with Crippen LogP contribution in [0.15, 0.2) is 36.9 Å². The second-order valence-electron chi connectivity index (χ2n) is 8.57. The van der Waals surface area contributed by atoms with Crippen LogP contribution in [0.5, 0.6) is 0 Å². The van der Waals surface area contributed by atoms with Gasteiger partial charge in [-0.2, -0.15) is 9.19 Å². The van der Waals surface area contributed by atoms with E-state index in [9.17, 15) is 13.5 Å². The van der Waals surface area contributed by atoms with Gasteiger partial charge < -0.3 is 15.0 Å². The second kappa shape index (κ2) is 8.44. The molecular weight excluding hydrogens is 456 g/mol. The Morgan fingerprint density at radius 1 is 1.18 bits per heavy atom. The first-order valence-electron chi connectivity index (χ1n) is 11.2. The van der Waals surface area contributed by atoms with E-state index in [1.165, 1.54) is 12.4 Å². The van der Waals surface area contributed by atoms with E-state index in [4.69, 9.17) is 0 Å². The van der Waals surface area contributed by atoms with Crippen molar-refractivity contribution in [3.8, 4) is 11.4 Å². The third-order valence-corrected chi connectivity index (χ3v) is 7.98. The molecule has 2 N–H and O–H groups in total. The quantitative estimate of drug-likeness (QED) is 0.387. The lowest BCUT2D eigenvalue weighted by Gasteiger charge is -2.17. The summed E-state index contributed by atoms with van der Waals surface area (Å²) < 4.78 is 27.9. The zero-order valence-electron chi connectivity index (χ0n) is 19.1. The summed E-state index contributed by atoms with van der Waals surface area (Å²) in [7, 11) is -3.45. The van der Waals surface area contributed by atoms with Gasteiger partial charge in [-0.05, 0) is 39.2 Å². The Labute approximate surface area is 197 Å².